The second-order valence-corrected chi connectivity index (χ2v) is 8.42. The van der Waals surface area contributed by atoms with Crippen molar-refractivity contribution in [2.45, 2.75) is 25.3 Å². The van der Waals surface area contributed by atoms with Crippen molar-refractivity contribution in [3.05, 3.63) is 48.5 Å². The molecule has 0 aromatic carbocycles. The van der Waals surface area contributed by atoms with Crippen molar-refractivity contribution in [3.8, 4) is 0 Å². The van der Waals surface area contributed by atoms with Gasteiger partial charge in [0.1, 0.15) is 0 Å². The Hall–Kier alpha value is -4.02. The molecular formula is C22H23F6N5O6. The maximum absolute atomic E-state index is 12.5. The third-order valence-electron chi connectivity index (χ3n) is 5.57. The van der Waals surface area contributed by atoms with E-state index in [1.54, 1.807) is 24.8 Å². The van der Waals surface area contributed by atoms with E-state index in [1.807, 2.05) is 18.2 Å². The van der Waals surface area contributed by atoms with Crippen LogP contribution in [0, 0.1) is 11.3 Å². The van der Waals surface area contributed by atoms with Crippen LogP contribution in [-0.4, -0.2) is 81.7 Å². The van der Waals surface area contributed by atoms with Gasteiger partial charge in [0.15, 0.2) is 0 Å². The summed E-state index contributed by atoms with van der Waals surface area (Å²) in [5.74, 6) is -4.40. The van der Waals surface area contributed by atoms with Crippen LogP contribution < -0.4 is 10.2 Å². The number of aromatic nitrogens is 3. The lowest BCUT2D eigenvalue weighted by Crippen LogP contribution is -2.37. The molecule has 2 saturated heterocycles. The molecule has 0 spiro atoms. The topological polar surface area (TPSA) is 155 Å². The molecule has 2 fully saturated rings. The minimum absolute atomic E-state index is 0.0511. The maximum Gasteiger partial charge on any atom is 0.490 e. The number of hydrogen-bond acceptors (Lipinski definition) is 8. The van der Waals surface area contributed by atoms with Gasteiger partial charge in [-0.2, -0.15) is 26.3 Å². The predicted octanol–water partition coefficient (Wildman–Crippen LogP) is 2.30. The summed E-state index contributed by atoms with van der Waals surface area (Å²) in [6.45, 7) is 3.39. The first-order valence-electron chi connectivity index (χ1n) is 11.0. The Kier molecular flexibility index (Phi) is 10.5. The number of nitrogens with zero attached hydrogens (tertiary/aromatic N) is 4. The maximum atomic E-state index is 12.5. The van der Waals surface area contributed by atoms with Crippen LogP contribution in [0.15, 0.2) is 43.0 Å². The van der Waals surface area contributed by atoms with Crippen LogP contribution in [0.5, 0.6) is 0 Å². The number of fused-ring (bicyclic) bond motifs is 1. The van der Waals surface area contributed by atoms with Crippen molar-refractivity contribution in [2.75, 3.05) is 31.2 Å². The van der Waals surface area contributed by atoms with Crippen molar-refractivity contribution in [1.82, 2.24) is 20.3 Å². The fourth-order valence-corrected chi connectivity index (χ4v) is 3.77. The third kappa shape index (κ3) is 9.66. The summed E-state index contributed by atoms with van der Waals surface area (Å²) in [7, 11) is 0. The number of aliphatic carboxylic acids is 2. The van der Waals surface area contributed by atoms with Crippen LogP contribution in [0.2, 0.25) is 0 Å². The second kappa shape index (κ2) is 13.2. The number of carbonyl (C=O) groups is 3. The largest absolute Gasteiger partial charge is 0.490 e. The lowest BCUT2D eigenvalue weighted by Gasteiger charge is -2.26. The van der Waals surface area contributed by atoms with Gasteiger partial charge < -0.3 is 25.2 Å². The first-order chi connectivity index (χ1) is 18.1. The summed E-state index contributed by atoms with van der Waals surface area (Å²) in [6, 6.07) is 5.64. The van der Waals surface area contributed by atoms with E-state index in [0.29, 0.717) is 32.1 Å². The summed E-state index contributed by atoms with van der Waals surface area (Å²) in [5, 5.41) is 17.3. The number of alkyl halides is 6. The van der Waals surface area contributed by atoms with E-state index in [9.17, 15) is 31.1 Å². The van der Waals surface area contributed by atoms with Gasteiger partial charge in [-0.05, 0) is 17.7 Å². The molecule has 214 valence electrons. The molecular weight excluding hydrogens is 544 g/mol. The number of rotatable bonds is 5. The van der Waals surface area contributed by atoms with Gasteiger partial charge in [-0.15, -0.1) is 0 Å². The van der Waals surface area contributed by atoms with Crippen molar-refractivity contribution >= 4 is 23.8 Å². The first kappa shape index (κ1) is 31.2. The van der Waals surface area contributed by atoms with Gasteiger partial charge >= 0.3 is 24.3 Å². The highest BCUT2D eigenvalue weighted by Gasteiger charge is 2.52. The average molecular weight is 567 g/mol. The molecule has 2 atom stereocenters. The molecule has 4 heterocycles. The number of pyridine rings is 1. The van der Waals surface area contributed by atoms with Crippen LogP contribution in [0.1, 0.15) is 12.0 Å². The van der Waals surface area contributed by atoms with E-state index in [4.69, 9.17) is 24.5 Å². The molecule has 3 N–H and O–H groups in total. The molecule has 0 aliphatic carbocycles. The zero-order valence-electron chi connectivity index (χ0n) is 19.9. The SMILES string of the molecule is O=C(C[C@]12COC[C@H]1CN(c1ncccn1)C2)NCc1cccnc1.O=C(O)C(F)(F)F.O=C(O)C(F)(F)F. The molecule has 0 bridgehead atoms. The van der Waals surface area contributed by atoms with Crippen LogP contribution in [0.3, 0.4) is 0 Å². The first-order valence-corrected chi connectivity index (χ1v) is 11.0. The minimum atomic E-state index is -5.08. The lowest BCUT2D eigenvalue weighted by atomic mass is 9.78. The van der Waals surface area contributed by atoms with Crippen LogP contribution in [0.25, 0.3) is 0 Å². The molecule has 0 radical (unpaired) electrons. The normalized spacial score (nSPS) is 20.1. The van der Waals surface area contributed by atoms with Gasteiger partial charge in [-0.3, -0.25) is 9.78 Å². The summed E-state index contributed by atoms with van der Waals surface area (Å²) >= 11 is 0. The fraction of sp³-hybridized carbons (Fsp3) is 0.455. The number of ether oxygens (including phenoxy) is 1. The molecule has 11 nitrogen and oxygen atoms in total. The van der Waals surface area contributed by atoms with E-state index in [-0.39, 0.29) is 11.3 Å². The Morgan fingerprint density at radius 3 is 2.13 bits per heavy atom. The predicted molar refractivity (Wildman–Crippen MR) is 119 cm³/mol. The number of halogens is 6. The van der Waals surface area contributed by atoms with E-state index >= 15 is 0 Å². The number of carboxylic acid groups (broad SMARTS) is 2. The zero-order valence-corrected chi connectivity index (χ0v) is 19.9. The standard InChI is InChI=1S/C18H21N5O2.2C2HF3O2/c24-16(22-9-14-3-1-4-19-8-14)7-18-12-23(10-15(18)11-25-13-18)17-20-5-2-6-21-17;2*3-2(4,5)1(6)7/h1-6,8,15H,7,9-13H2,(H,22,24);2*(H,6,7)/t15-,18+;;/m1../s1. The van der Waals surface area contributed by atoms with Crippen molar-refractivity contribution in [3.63, 3.8) is 0 Å². The average Bonchev–Trinajstić information content (AvgIpc) is 3.40. The Labute approximate surface area is 216 Å². The van der Waals surface area contributed by atoms with Gasteiger partial charge in [-0.1, -0.05) is 6.07 Å². The molecule has 4 rings (SSSR count). The van der Waals surface area contributed by atoms with Gasteiger partial charge in [-0.25, -0.2) is 19.6 Å². The highest BCUT2D eigenvalue weighted by atomic mass is 19.4. The van der Waals surface area contributed by atoms with Crippen molar-refractivity contribution in [1.29, 1.82) is 0 Å². The highest BCUT2D eigenvalue weighted by Crippen LogP contribution is 2.44. The van der Waals surface area contributed by atoms with Gasteiger partial charge in [0.05, 0.1) is 13.2 Å². The Morgan fingerprint density at radius 1 is 1.03 bits per heavy atom. The van der Waals surface area contributed by atoms with E-state index in [2.05, 4.69) is 25.2 Å². The quantitative estimate of drug-likeness (QED) is 0.459. The summed E-state index contributed by atoms with van der Waals surface area (Å²) < 4.78 is 69.2. The molecule has 17 heteroatoms. The zero-order chi connectivity index (χ0) is 29.3. The number of carboxylic acids is 2. The number of anilines is 1. The molecule has 1 amide bonds. The van der Waals surface area contributed by atoms with Crippen LogP contribution >= 0.6 is 0 Å². The molecule has 2 aromatic heterocycles. The monoisotopic (exact) mass is 567 g/mol. The molecule has 2 aliphatic heterocycles. The lowest BCUT2D eigenvalue weighted by molar-refractivity contribution is -0.193. The van der Waals surface area contributed by atoms with Crippen LogP contribution in [0.4, 0.5) is 32.3 Å². The number of carbonyl (C=O) groups excluding carboxylic acids is 1. The molecule has 2 aliphatic rings. The Morgan fingerprint density at radius 2 is 1.62 bits per heavy atom. The number of hydrogen-bond donors (Lipinski definition) is 3. The molecule has 0 unspecified atom stereocenters. The van der Waals surface area contributed by atoms with E-state index in [1.165, 1.54) is 0 Å². The van der Waals surface area contributed by atoms with E-state index in [0.717, 1.165) is 24.6 Å². The summed E-state index contributed by atoms with van der Waals surface area (Å²) in [4.78, 5) is 45.2. The van der Waals surface area contributed by atoms with Gasteiger partial charge in [0, 0.05) is 62.2 Å². The third-order valence-corrected chi connectivity index (χ3v) is 5.57. The highest BCUT2D eigenvalue weighted by molar-refractivity contribution is 5.77. The fourth-order valence-electron chi connectivity index (χ4n) is 3.77. The second-order valence-electron chi connectivity index (χ2n) is 8.42. The van der Waals surface area contributed by atoms with Crippen molar-refractivity contribution in [2.24, 2.45) is 11.3 Å². The van der Waals surface area contributed by atoms with Crippen molar-refractivity contribution < 1.29 is 55.7 Å². The minimum Gasteiger partial charge on any atom is -0.475 e. The number of amides is 1. The van der Waals surface area contributed by atoms with Gasteiger partial charge in [0.25, 0.3) is 0 Å². The van der Waals surface area contributed by atoms with E-state index < -0.39 is 24.3 Å². The smallest absolute Gasteiger partial charge is 0.475 e. The number of nitrogens with one attached hydrogen (secondary N) is 1. The Bertz CT molecular complexity index is 1080. The van der Waals surface area contributed by atoms with Crippen LogP contribution in [-0.2, 0) is 25.7 Å². The van der Waals surface area contributed by atoms with Gasteiger partial charge in [0.2, 0.25) is 11.9 Å². The summed E-state index contributed by atoms with van der Waals surface area (Å²) in [5.41, 5.74) is 0.844. The molecule has 39 heavy (non-hydrogen) atoms. The Balaban J connectivity index is 0.000000317. The molecule has 0 saturated carbocycles. The molecule has 2 aromatic rings. The summed E-state index contributed by atoms with van der Waals surface area (Å²) in [6.07, 6.45) is -2.71.